The molecule has 8 rings (SSSR count). The first-order chi connectivity index (χ1) is 46.3. The molecule has 0 saturated carbocycles. The molecule has 3 aliphatic heterocycles. The number of methoxy groups -OCH3 is 1. The van der Waals surface area contributed by atoms with Crippen LogP contribution >= 0.6 is 23.5 Å². The second-order valence-corrected chi connectivity index (χ2v) is 27.5. The van der Waals surface area contributed by atoms with E-state index < -0.39 is 152 Å². The van der Waals surface area contributed by atoms with E-state index in [-0.39, 0.29) is 30.1 Å². The van der Waals surface area contributed by atoms with Gasteiger partial charge in [-0.2, -0.15) is 4.98 Å². The number of benzene rings is 1. The number of hydrogen-bond donors (Lipinski definition) is 11. The van der Waals surface area contributed by atoms with E-state index in [0.717, 1.165) is 66.6 Å². The highest BCUT2D eigenvalue weighted by molar-refractivity contribution is 7.48. The number of aromatic amines is 1. The molecule has 7 heterocycles. The standard InChI is InChI=1S/C57H86N15O22P3/c1-60-21-10-6-7-12-23-62-45(73)19-16-36-29-71(57(78)68-53(36)75)47-28-40(41(91-47)30-87-95(79,80)86-25-13-9-8-11-22-61-2)94-96(81,82)88-31-42-39(27-46(90-42)70-24-20-44(59)66-56(70)77)93-97(83,84)89-32-43-48(67-54(76)38(58)26-35-14-17-37(85-5)18-15-35)50(74)55(92-43)72-34-65-49-51(69(3)4)63-33-64-52(49)72/h14-20,24,29,33-34,38-43,46-48,50,55,60-61,74H,6-13,21-23,25-28,30-32,58H2,1-5H3,(H,62,73)(H,67,76)(H,79,80)(H,81,82)(H,83,84)(H2,59,66,77)(H,68,75,78)/b19-16+. The number of anilines is 2. The number of H-pyrrole nitrogens is 1. The Morgan fingerprint density at radius 2 is 1.37 bits per heavy atom. The Morgan fingerprint density at radius 3 is 1.98 bits per heavy atom. The van der Waals surface area contributed by atoms with E-state index in [4.69, 9.17) is 57.6 Å². The van der Waals surface area contributed by atoms with Crippen LogP contribution in [-0.2, 0) is 71.1 Å². The minimum absolute atomic E-state index is 0.0436. The lowest BCUT2D eigenvalue weighted by molar-refractivity contribution is -0.124. The summed E-state index contributed by atoms with van der Waals surface area (Å²) in [5.41, 5.74) is 10.3. The average Bonchev–Trinajstić information content (AvgIpc) is 1.64. The Kier molecular flexibility index (Phi) is 27.9. The number of nitrogens with zero attached hydrogens (tertiary/aromatic N) is 8. The predicted molar refractivity (Wildman–Crippen MR) is 347 cm³/mol. The van der Waals surface area contributed by atoms with Crippen LogP contribution in [-0.4, -0.2) is 200 Å². The second kappa shape index (κ2) is 35.5. The number of phosphoric acid groups is 3. The molecule has 14 atom stereocenters. The topological polar surface area (TPSA) is 495 Å². The second-order valence-electron chi connectivity index (χ2n) is 23.3. The van der Waals surface area contributed by atoms with Crippen molar-refractivity contribution in [3.63, 3.8) is 0 Å². The number of aliphatic hydroxyl groups is 1. The number of nitrogen functional groups attached to an aromatic ring is 1. The van der Waals surface area contributed by atoms with Crippen molar-refractivity contribution in [3.05, 3.63) is 104 Å². The molecule has 4 aromatic heterocycles. The van der Waals surface area contributed by atoms with E-state index in [9.17, 15) is 57.5 Å². The maximum Gasteiger partial charge on any atom is 0.472 e. The number of rotatable bonds is 39. The molecule has 3 aliphatic rings. The zero-order chi connectivity index (χ0) is 70.0. The van der Waals surface area contributed by atoms with Gasteiger partial charge in [0.1, 0.15) is 67.0 Å². The minimum atomic E-state index is -5.44. The third kappa shape index (κ3) is 21.7. The molecule has 3 fully saturated rings. The van der Waals surface area contributed by atoms with Gasteiger partial charge in [0.2, 0.25) is 11.8 Å². The molecule has 536 valence electrons. The molecule has 40 heteroatoms. The Labute approximate surface area is 556 Å². The van der Waals surface area contributed by atoms with Gasteiger partial charge in [0.05, 0.1) is 57.5 Å². The number of carbonyl (C=O) groups is 2. The van der Waals surface area contributed by atoms with Crippen molar-refractivity contribution in [3.8, 4) is 5.75 Å². The largest absolute Gasteiger partial charge is 0.497 e. The van der Waals surface area contributed by atoms with Gasteiger partial charge in [-0.05, 0) is 89.1 Å². The number of hydrogen-bond acceptors (Lipinski definition) is 28. The zero-order valence-corrected chi connectivity index (χ0v) is 56.8. The number of imidazole rings is 1. The molecule has 3 saturated heterocycles. The summed E-state index contributed by atoms with van der Waals surface area (Å²) in [6, 6.07) is 5.49. The van der Waals surface area contributed by atoms with Gasteiger partial charge in [-0.15, -0.1) is 0 Å². The van der Waals surface area contributed by atoms with Crippen LogP contribution < -0.4 is 59.3 Å². The molecule has 0 aliphatic carbocycles. The summed E-state index contributed by atoms with van der Waals surface area (Å²) in [4.78, 5) is 120. The lowest BCUT2D eigenvalue weighted by Crippen LogP contribution is -2.53. The number of fused-ring (bicyclic) bond motifs is 1. The smallest absolute Gasteiger partial charge is 0.472 e. The Morgan fingerprint density at radius 1 is 0.773 bits per heavy atom. The van der Waals surface area contributed by atoms with Crippen molar-refractivity contribution in [1.82, 2.24) is 59.9 Å². The first-order valence-corrected chi connectivity index (χ1v) is 35.8. The van der Waals surface area contributed by atoms with Crippen molar-refractivity contribution in [2.75, 3.05) is 92.0 Å². The molecule has 37 nitrogen and oxygen atoms in total. The first kappa shape index (κ1) is 76.2. The molecule has 1 aromatic carbocycles. The van der Waals surface area contributed by atoms with Crippen molar-refractivity contribution in [2.24, 2.45) is 5.73 Å². The fourth-order valence-corrected chi connectivity index (χ4v) is 13.6. The normalized spacial score (nSPS) is 24.1. The van der Waals surface area contributed by atoms with Gasteiger partial charge in [0.15, 0.2) is 23.2 Å². The molecule has 13 N–H and O–H groups in total. The van der Waals surface area contributed by atoms with E-state index in [0.29, 0.717) is 48.5 Å². The predicted octanol–water partition coefficient (Wildman–Crippen LogP) is 1.01. The van der Waals surface area contributed by atoms with Crippen molar-refractivity contribution in [2.45, 2.75) is 138 Å². The first-order valence-electron chi connectivity index (χ1n) is 31.3. The lowest BCUT2D eigenvalue weighted by Gasteiger charge is -2.26. The lowest BCUT2D eigenvalue weighted by atomic mass is 10.0. The van der Waals surface area contributed by atoms with Gasteiger partial charge >= 0.3 is 34.8 Å². The van der Waals surface area contributed by atoms with Crippen molar-refractivity contribution >= 4 is 64.2 Å². The van der Waals surface area contributed by atoms with Crippen LogP contribution in [0.2, 0.25) is 0 Å². The van der Waals surface area contributed by atoms with Gasteiger partial charge in [-0.3, -0.25) is 60.2 Å². The Hall–Kier alpha value is -6.54. The van der Waals surface area contributed by atoms with Crippen LogP contribution in [0.1, 0.15) is 94.0 Å². The van der Waals surface area contributed by atoms with Crippen LogP contribution in [0.3, 0.4) is 0 Å². The summed E-state index contributed by atoms with van der Waals surface area (Å²) in [7, 11) is -7.03. The number of nitrogens with two attached hydrogens (primary N) is 2. The minimum Gasteiger partial charge on any atom is -0.497 e. The molecule has 5 aromatic rings. The van der Waals surface area contributed by atoms with E-state index in [1.54, 1.807) is 43.3 Å². The van der Waals surface area contributed by atoms with E-state index in [1.165, 1.54) is 42.7 Å². The summed E-state index contributed by atoms with van der Waals surface area (Å²) in [6.07, 6.45) is -1.18. The Bertz CT molecular complexity index is 3790. The third-order valence-corrected chi connectivity index (χ3v) is 18.9. The SMILES string of the molecule is CNCCCCCCNC(=O)/C=C/c1cn(C2CC(OP(=O)(O)OCC3OC(n4ccc(N)nc4=O)CC3OP(=O)(O)OCC3OC(n4cnc5c(N(C)C)ncnc54)C(O)C3NC(=O)C(N)Cc3ccc(OC)cc3)C(COP(=O)(O)OCCCCCCNC)O2)c(=O)[nH]c1=O. The van der Waals surface area contributed by atoms with E-state index >= 15 is 0 Å². The number of aromatic nitrogens is 8. The fourth-order valence-electron chi connectivity index (χ4n) is 10.9. The van der Waals surface area contributed by atoms with E-state index in [2.05, 4.69) is 46.2 Å². The molecular weight excluding hydrogens is 1340 g/mol. The molecule has 2 amide bonds. The van der Waals surface area contributed by atoms with Crippen LogP contribution in [0.4, 0.5) is 11.6 Å². The summed E-state index contributed by atoms with van der Waals surface area (Å²) < 4.78 is 101. The van der Waals surface area contributed by atoms with Gasteiger partial charge in [-0.25, -0.2) is 38.2 Å². The highest BCUT2D eigenvalue weighted by atomic mass is 31.2. The molecule has 0 spiro atoms. The molecule has 0 bridgehead atoms. The summed E-state index contributed by atoms with van der Waals surface area (Å²) >= 11 is 0. The van der Waals surface area contributed by atoms with Crippen molar-refractivity contribution < 1.29 is 89.2 Å². The summed E-state index contributed by atoms with van der Waals surface area (Å²) in [5, 5.41) is 23.5. The molecule has 0 radical (unpaired) electrons. The number of aliphatic hydroxyl groups excluding tert-OH is 1. The zero-order valence-electron chi connectivity index (χ0n) is 54.1. The van der Waals surface area contributed by atoms with Crippen molar-refractivity contribution in [1.29, 1.82) is 0 Å². The van der Waals surface area contributed by atoms with Gasteiger partial charge in [-0.1, -0.05) is 37.8 Å². The van der Waals surface area contributed by atoms with Gasteiger partial charge in [0, 0.05) is 52.0 Å². The number of nitrogens with one attached hydrogen (secondary N) is 5. The molecule has 14 unspecified atom stereocenters. The van der Waals surface area contributed by atoms with Crippen LogP contribution in [0.5, 0.6) is 5.75 Å². The highest BCUT2D eigenvalue weighted by Gasteiger charge is 2.50. The number of carbonyl (C=O) groups excluding carboxylic acids is 2. The quantitative estimate of drug-likeness (QED) is 0.0149. The maximum absolute atomic E-state index is 14.2. The monoisotopic (exact) mass is 1430 g/mol. The number of phosphoric ester groups is 3. The average molecular weight is 1430 g/mol. The Balaban J connectivity index is 0.986. The number of ether oxygens (including phenoxy) is 4. The third-order valence-electron chi connectivity index (χ3n) is 15.9. The molecule has 97 heavy (non-hydrogen) atoms. The summed E-state index contributed by atoms with van der Waals surface area (Å²) in [5.74, 6) is -0.436. The van der Waals surface area contributed by atoms with Crippen LogP contribution in [0, 0.1) is 0 Å². The number of amides is 2. The maximum atomic E-state index is 14.2. The van der Waals surface area contributed by atoms with Gasteiger partial charge < -0.3 is 76.4 Å². The van der Waals surface area contributed by atoms with Crippen LogP contribution in [0.25, 0.3) is 17.2 Å². The van der Waals surface area contributed by atoms with E-state index in [1.807, 2.05) is 14.1 Å². The fraction of sp³-hybridized carbons (Fsp3) is 0.596. The summed E-state index contributed by atoms with van der Waals surface area (Å²) in [6.45, 7) is -0.865. The van der Waals surface area contributed by atoms with Gasteiger partial charge in [0.25, 0.3) is 5.56 Å². The number of unbranched alkanes of at least 4 members (excludes halogenated alkanes) is 6. The molecular formula is C57H86N15O22P3. The highest BCUT2D eigenvalue weighted by Crippen LogP contribution is 2.53. The van der Waals surface area contributed by atoms with Crippen LogP contribution in [0.15, 0.2) is 75.8 Å².